The predicted molar refractivity (Wildman–Crippen MR) is 86.6 cm³/mol. The fourth-order valence-corrected chi connectivity index (χ4v) is 3.36. The van der Waals surface area contributed by atoms with Gasteiger partial charge in [-0.15, -0.1) is 0 Å². The summed E-state index contributed by atoms with van der Waals surface area (Å²) in [6.07, 6.45) is 4.82. The lowest BCUT2D eigenvalue weighted by atomic mass is 9.97. The Morgan fingerprint density at radius 3 is 2.52 bits per heavy atom. The third-order valence-electron chi connectivity index (χ3n) is 4.83. The van der Waals surface area contributed by atoms with Gasteiger partial charge in [0.25, 0.3) is 0 Å². The number of halogens is 1. The number of likely N-dealkylation sites (tertiary alicyclic amines) is 1. The standard InChI is InChI=1S/C17H26FN3/c1-20-10-6-14(7-11-20)13-19-15-4-5-17(16(18)12-15)21-8-2-3-9-21/h4-5,12,14,19H,2-3,6-11,13H2,1H3. The molecule has 0 bridgehead atoms. The molecule has 3 nitrogen and oxygen atoms in total. The molecule has 1 aromatic carbocycles. The maximum atomic E-state index is 14.2. The Labute approximate surface area is 127 Å². The van der Waals surface area contributed by atoms with Crippen molar-refractivity contribution in [1.82, 2.24) is 4.90 Å². The van der Waals surface area contributed by atoms with Gasteiger partial charge in [-0.3, -0.25) is 0 Å². The second-order valence-corrected chi connectivity index (χ2v) is 6.49. The number of rotatable bonds is 4. The van der Waals surface area contributed by atoms with Gasteiger partial charge in [0.1, 0.15) is 5.82 Å². The lowest BCUT2D eigenvalue weighted by Crippen LogP contribution is -2.32. The van der Waals surface area contributed by atoms with Crippen LogP contribution in [0, 0.1) is 11.7 Å². The first kappa shape index (κ1) is 14.6. The van der Waals surface area contributed by atoms with Crippen LogP contribution in [0.5, 0.6) is 0 Å². The molecule has 2 fully saturated rings. The molecule has 2 heterocycles. The van der Waals surface area contributed by atoms with Crippen LogP contribution >= 0.6 is 0 Å². The van der Waals surface area contributed by atoms with Crippen LogP contribution in [0.15, 0.2) is 18.2 Å². The molecule has 0 spiro atoms. The number of benzene rings is 1. The number of hydrogen-bond donors (Lipinski definition) is 1. The molecule has 0 aliphatic carbocycles. The Hall–Kier alpha value is -1.29. The van der Waals surface area contributed by atoms with Crippen molar-refractivity contribution in [2.75, 3.05) is 50.0 Å². The molecule has 0 radical (unpaired) electrons. The van der Waals surface area contributed by atoms with Gasteiger partial charge in [-0.05, 0) is 69.9 Å². The fraction of sp³-hybridized carbons (Fsp3) is 0.647. The van der Waals surface area contributed by atoms with Gasteiger partial charge in [0.2, 0.25) is 0 Å². The normalized spacial score (nSPS) is 21.0. The molecule has 21 heavy (non-hydrogen) atoms. The van der Waals surface area contributed by atoms with Crippen LogP contribution in [0.1, 0.15) is 25.7 Å². The SMILES string of the molecule is CN1CCC(CNc2ccc(N3CCCC3)c(F)c2)CC1. The van der Waals surface area contributed by atoms with Crippen molar-refractivity contribution in [2.24, 2.45) is 5.92 Å². The van der Waals surface area contributed by atoms with E-state index in [9.17, 15) is 4.39 Å². The highest BCUT2D eigenvalue weighted by Crippen LogP contribution is 2.26. The van der Waals surface area contributed by atoms with Crippen molar-refractivity contribution >= 4 is 11.4 Å². The zero-order valence-corrected chi connectivity index (χ0v) is 12.9. The Morgan fingerprint density at radius 1 is 1.14 bits per heavy atom. The van der Waals surface area contributed by atoms with Gasteiger partial charge < -0.3 is 15.1 Å². The molecule has 116 valence electrons. The highest BCUT2D eigenvalue weighted by Gasteiger charge is 2.18. The quantitative estimate of drug-likeness (QED) is 0.919. The van der Waals surface area contributed by atoms with Crippen LogP contribution in [0.4, 0.5) is 15.8 Å². The number of nitrogens with zero attached hydrogens (tertiary/aromatic N) is 2. The van der Waals surface area contributed by atoms with Crippen LogP contribution < -0.4 is 10.2 Å². The molecule has 4 heteroatoms. The van der Waals surface area contributed by atoms with Crippen LogP contribution in [0.25, 0.3) is 0 Å². The lowest BCUT2D eigenvalue weighted by molar-refractivity contribution is 0.226. The van der Waals surface area contributed by atoms with E-state index in [1.165, 1.54) is 38.8 Å². The Kier molecular flexibility index (Phi) is 4.63. The predicted octanol–water partition coefficient (Wildman–Crippen LogP) is 3.18. The summed E-state index contributed by atoms with van der Waals surface area (Å²) in [7, 11) is 2.18. The molecule has 0 atom stereocenters. The summed E-state index contributed by atoms with van der Waals surface area (Å²) in [5.41, 5.74) is 1.67. The third kappa shape index (κ3) is 3.67. The van der Waals surface area contributed by atoms with Gasteiger partial charge in [-0.25, -0.2) is 4.39 Å². The average Bonchev–Trinajstić information content (AvgIpc) is 3.01. The van der Waals surface area contributed by atoms with Gasteiger partial charge in [0.05, 0.1) is 5.69 Å². The summed E-state index contributed by atoms with van der Waals surface area (Å²) in [4.78, 5) is 4.52. The van der Waals surface area contributed by atoms with Gasteiger partial charge >= 0.3 is 0 Å². The van der Waals surface area contributed by atoms with Gasteiger partial charge in [0, 0.05) is 25.3 Å². The van der Waals surface area contributed by atoms with E-state index in [4.69, 9.17) is 0 Å². The highest BCUT2D eigenvalue weighted by atomic mass is 19.1. The smallest absolute Gasteiger partial charge is 0.148 e. The first-order chi connectivity index (χ1) is 10.2. The monoisotopic (exact) mass is 291 g/mol. The minimum Gasteiger partial charge on any atom is -0.385 e. The maximum Gasteiger partial charge on any atom is 0.148 e. The van der Waals surface area contributed by atoms with Gasteiger partial charge in [-0.2, -0.15) is 0 Å². The van der Waals surface area contributed by atoms with E-state index in [0.717, 1.165) is 31.0 Å². The second kappa shape index (κ2) is 6.65. The highest BCUT2D eigenvalue weighted by molar-refractivity contribution is 5.56. The fourth-order valence-electron chi connectivity index (χ4n) is 3.36. The zero-order chi connectivity index (χ0) is 14.7. The summed E-state index contributed by atoms with van der Waals surface area (Å²) in [6, 6.07) is 5.60. The molecule has 1 aromatic rings. The summed E-state index contributed by atoms with van der Waals surface area (Å²) in [6.45, 7) is 5.28. The molecule has 0 amide bonds. The first-order valence-corrected chi connectivity index (χ1v) is 8.19. The van der Waals surface area contributed by atoms with E-state index >= 15 is 0 Å². The largest absolute Gasteiger partial charge is 0.385 e. The third-order valence-corrected chi connectivity index (χ3v) is 4.83. The maximum absolute atomic E-state index is 14.2. The van der Waals surface area contributed by atoms with E-state index < -0.39 is 0 Å². The van der Waals surface area contributed by atoms with Crippen molar-refractivity contribution in [3.05, 3.63) is 24.0 Å². The molecule has 2 aliphatic heterocycles. The molecular weight excluding hydrogens is 265 g/mol. The van der Waals surface area contributed by atoms with E-state index in [-0.39, 0.29) is 5.82 Å². The molecule has 0 aromatic heterocycles. The summed E-state index contributed by atoms with van der Waals surface area (Å²) >= 11 is 0. The molecule has 0 unspecified atom stereocenters. The van der Waals surface area contributed by atoms with Crippen molar-refractivity contribution < 1.29 is 4.39 Å². The Bertz CT molecular complexity index is 463. The molecule has 2 saturated heterocycles. The van der Waals surface area contributed by atoms with E-state index in [1.54, 1.807) is 6.07 Å². The topological polar surface area (TPSA) is 18.5 Å². The van der Waals surface area contributed by atoms with Crippen LogP contribution in [0.2, 0.25) is 0 Å². The van der Waals surface area contributed by atoms with Crippen LogP contribution in [-0.4, -0.2) is 44.7 Å². The minimum absolute atomic E-state index is 0.0923. The van der Waals surface area contributed by atoms with Crippen molar-refractivity contribution in [3.63, 3.8) is 0 Å². The molecule has 3 rings (SSSR count). The Morgan fingerprint density at radius 2 is 1.86 bits per heavy atom. The van der Waals surface area contributed by atoms with Gasteiger partial charge in [0.15, 0.2) is 0 Å². The average molecular weight is 291 g/mol. The molecule has 0 saturated carbocycles. The number of anilines is 2. The van der Waals surface area contributed by atoms with Crippen LogP contribution in [0.3, 0.4) is 0 Å². The number of piperidine rings is 1. The minimum atomic E-state index is -0.0923. The second-order valence-electron chi connectivity index (χ2n) is 6.49. The van der Waals surface area contributed by atoms with Gasteiger partial charge in [-0.1, -0.05) is 0 Å². The van der Waals surface area contributed by atoms with Crippen LogP contribution in [-0.2, 0) is 0 Å². The molecular formula is C17H26FN3. The van der Waals surface area contributed by atoms with E-state index in [2.05, 4.69) is 22.2 Å². The zero-order valence-electron chi connectivity index (χ0n) is 12.9. The van der Waals surface area contributed by atoms with E-state index in [1.807, 2.05) is 12.1 Å². The lowest BCUT2D eigenvalue weighted by Gasteiger charge is -2.29. The van der Waals surface area contributed by atoms with Crippen molar-refractivity contribution in [1.29, 1.82) is 0 Å². The molecule has 1 N–H and O–H groups in total. The van der Waals surface area contributed by atoms with Crippen molar-refractivity contribution in [3.8, 4) is 0 Å². The molecule has 2 aliphatic rings. The summed E-state index contributed by atoms with van der Waals surface area (Å²) in [5, 5.41) is 3.41. The summed E-state index contributed by atoms with van der Waals surface area (Å²) < 4.78 is 14.2. The summed E-state index contributed by atoms with van der Waals surface area (Å²) in [5.74, 6) is 0.618. The van der Waals surface area contributed by atoms with E-state index in [0.29, 0.717) is 5.92 Å². The first-order valence-electron chi connectivity index (χ1n) is 8.19. The number of hydrogen-bond acceptors (Lipinski definition) is 3. The van der Waals surface area contributed by atoms with Crippen molar-refractivity contribution in [2.45, 2.75) is 25.7 Å². The number of nitrogens with one attached hydrogen (secondary N) is 1. The Balaban J connectivity index is 1.55.